The quantitative estimate of drug-likeness (QED) is 0.737. The Bertz CT molecular complexity index is 260. The zero-order valence-electron chi connectivity index (χ0n) is 9.33. The molecule has 0 heterocycles. The summed E-state index contributed by atoms with van der Waals surface area (Å²) in [4.78, 5) is 11.3. The first-order valence-corrected chi connectivity index (χ1v) is 5.96. The molecule has 0 bridgehead atoms. The zero-order valence-corrected chi connectivity index (χ0v) is 9.33. The van der Waals surface area contributed by atoms with Gasteiger partial charge in [-0.15, -0.1) is 0 Å². The minimum Gasteiger partial charge on any atom is -0.481 e. The van der Waals surface area contributed by atoms with Crippen molar-refractivity contribution < 1.29 is 15.0 Å². The van der Waals surface area contributed by atoms with Crippen LogP contribution in [0, 0.1) is 11.3 Å². The molecule has 0 spiro atoms. The summed E-state index contributed by atoms with van der Waals surface area (Å²) in [6.45, 7) is 2.17. The van der Waals surface area contributed by atoms with Crippen molar-refractivity contribution in [3.63, 3.8) is 0 Å². The third-order valence-electron chi connectivity index (χ3n) is 4.61. The first kappa shape index (κ1) is 10.9. The molecule has 3 heteroatoms. The summed E-state index contributed by atoms with van der Waals surface area (Å²) in [6, 6.07) is 0. The second kappa shape index (κ2) is 3.48. The molecule has 0 unspecified atom stereocenters. The Morgan fingerprint density at radius 1 is 1.20 bits per heavy atom. The third kappa shape index (κ3) is 1.48. The van der Waals surface area contributed by atoms with E-state index in [2.05, 4.69) is 6.92 Å². The van der Waals surface area contributed by atoms with Gasteiger partial charge in [-0.1, -0.05) is 13.3 Å². The van der Waals surface area contributed by atoms with Crippen LogP contribution in [0.15, 0.2) is 0 Å². The largest absolute Gasteiger partial charge is 0.481 e. The Balaban J connectivity index is 2.17. The summed E-state index contributed by atoms with van der Waals surface area (Å²) < 4.78 is 0. The molecular formula is C12H20O3. The zero-order chi connectivity index (χ0) is 11.1. The van der Waals surface area contributed by atoms with E-state index in [4.69, 9.17) is 0 Å². The number of aliphatic carboxylic acids is 1. The average molecular weight is 212 g/mol. The fraction of sp³-hybridized carbons (Fsp3) is 0.917. The van der Waals surface area contributed by atoms with Gasteiger partial charge in [-0.3, -0.25) is 4.79 Å². The highest BCUT2D eigenvalue weighted by Crippen LogP contribution is 2.55. The maximum absolute atomic E-state index is 11.3. The van der Waals surface area contributed by atoms with Crippen molar-refractivity contribution in [2.45, 2.75) is 57.5 Å². The van der Waals surface area contributed by atoms with Crippen LogP contribution in [0.4, 0.5) is 0 Å². The number of rotatable bonds is 2. The standard InChI is InChI=1S/C12H20O3/c1-9-3-7-12(15,8-4-9)11(10(13)14)5-2-6-11/h9,15H,2-8H2,1H3,(H,13,14). The molecule has 2 rings (SSSR count). The van der Waals surface area contributed by atoms with Gasteiger partial charge in [0.05, 0.1) is 11.0 Å². The second-order valence-corrected chi connectivity index (χ2v) is 5.45. The molecule has 15 heavy (non-hydrogen) atoms. The number of carbonyl (C=O) groups is 1. The van der Waals surface area contributed by atoms with E-state index >= 15 is 0 Å². The van der Waals surface area contributed by atoms with Crippen LogP contribution >= 0.6 is 0 Å². The molecule has 0 amide bonds. The lowest BCUT2D eigenvalue weighted by molar-refractivity contribution is -0.192. The molecule has 2 N–H and O–H groups in total. The van der Waals surface area contributed by atoms with E-state index in [1.807, 2.05) is 0 Å². The lowest BCUT2D eigenvalue weighted by Gasteiger charge is -2.52. The van der Waals surface area contributed by atoms with Gasteiger partial charge in [0.1, 0.15) is 0 Å². The normalized spacial score (nSPS) is 39.5. The van der Waals surface area contributed by atoms with Crippen LogP contribution in [0.2, 0.25) is 0 Å². The Morgan fingerprint density at radius 2 is 1.73 bits per heavy atom. The van der Waals surface area contributed by atoms with E-state index in [-0.39, 0.29) is 0 Å². The summed E-state index contributed by atoms with van der Waals surface area (Å²) in [5.41, 5.74) is -1.74. The fourth-order valence-electron chi connectivity index (χ4n) is 3.13. The molecule has 0 aromatic carbocycles. The molecule has 2 fully saturated rings. The van der Waals surface area contributed by atoms with Crippen molar-refractivity contribution in [3.05, 3.63) is 0 Å². The topological polar surface area (TPSA) is 57.5 Å². The first-order chi connectivity index (χ1) is 7.00. The van der Waals surface area contributed by atoms with E-state index in [1.165, 1.54) is 0 Å². The van der Waals surface area contributed by atoms with Gasteiger partial charge in [0.15, 0.2) is 0 Å². The molecule has 0 aromatic rings. The van der Waals surface area contributed by atoms with Gasteiger partial charge in [0.2, 0.25) is 0 Å². The summed E-state index contributed by atoms with van der Waals surface area (Å²) >= 11 is 0. The Kier molecular flexibility index (Phi) is 2.53. The Morgan fingerprint density at radius 3 is 2.07 bits per heavy atom. The molecule has 0 aromatic heterocycles. The summed E-state index contributed by atoms with van der Waals surface area (Å²) in [5, 5.41) is 19.9. The van der Waals surface area contributed by atoms with Gasteiger partial charge in [0, 0.05) is 0 Å². The second-order valence-electron chi connectivity index (χ2n) is 5.45. The molecular weight excluding hydrogens is 192 g/mol. The van der Waals surface area contributed by atoms with E-state index in [0.717, 1.165) is 19.3 Å². The summed E-state index contributed by atoms with van der Waals surface area (Å²) in [6.07, 6.45) is 5.53. The highest BCUT2D eigenvalue weighted by atomic mass is 16.4. The van der Waals surface area contributed by atoms with Gasteiger partial charge in [-0.25, -0.2) is 0 Å². The molecule has 0 radical (unpaired) electrons. The van der Waals surface area contributed by atoms with Gasteiger partial charge in [-0.2, -0.15) is 0 Å². The molecule has 0 atom stereocenters. The summed E-state index contributed by atoms with van der Waals surface area (Å²) in [5.74, 6) is -0.151. The predicted molar refractivity (Wildman–Crippen MR) is 56.5 cm³/mol. The Labute approximate surface area is 90.5 Å². The molecule has 0 saturated heterocycles. The number of carboxylic acids is 1. The Hall–Kier alpha value is -0.570. The van der Waals surface area contributed by atoms with Crippen molar-refractivity contribution in [2.75, 3.05) is 0 Å². The third-order valence-corrected chi connectivity index (χ3v) is 4.61. The van der Waals surface area contributed by atoms with E-state index in [1.54, 1.807) is 0 Å². The monoisotopic (exact) mass is 212 g/mol. The number of hydrogen-bond donors (Lipinski definition) is 2. The van der Waals surface area contributed by atoms with Gasteiger partial charge in [0.25, 0.3) is 0 Å². The molecule has 86 valence electrons. The number of aliphatic hydroxyl groups is 1. The van der Waals surface area contributed by atoms with E-state index < -0.39 is 17.0 Å². The highest BCUT2D eigenvalue weighted by molar-refractivity contribution is 5.77. The predicted octanol–water partition coefficient (Wildman–Crippen LogP) is 2.18. The van der Waals surface area contributed by atoms with Crippen LogP contribution < -0.4 is 0 Å². The maximum Gasteiger partial charge on any atom is 0.312 e. The number of hydrogen-bond acceptors (Lipinski definition) is 2. The van der Waals surface area contributed by atoms with Crippen LogP contribution in [0.5, 0.6) is 0 Å². The average Bonchev–Trinajstić information content (AvgIpc) is 2.07. The molecule has 3 nitrogen and oxygen atoms in total. The van der Waals surface area contributed by atoms with Crippen molar-refractivity contribution in [1.82, 2.24) is 0 Å². The first-order valence-electron chi connectivity index (χ1n) is 5.96. The van der Waals surface area contributed by atoms with Crippen LogP contribution in [0.25, 0.3) is 0 Å². The lowest BCUT2D eigenvalue weighted by Crippen LogP contribution is -2.58. The molecule has 0 aliphatic heterocycles. The van der Waals surface area contributed by atoms with Crippen molar-refractivity contribution in [1.29, 1.82) is 0 Å². The summed E-state index contributed by atoms with van der Waals surface area (Å²) in [7, 11) is 0. The van der Waals surface area contributed by atoms with Crippen molar-refractivity contribution >= 4 is 5.97 Å². The molecule has 2 aliphatic carbocycles. The van der Waals surface area contributed by atoms with E-state index in [0.29, 0.717) is 31.6 Å². The van der Waals surface area contributed by atoms with Crippen LogP contribution in [0.1, 0.15) is 51.9 Å². The van der Waals surface area contributed by atoms with E-state index in [9.17, 15) is 15.0 Å². The van der Waals surface area contributed by atoms with Gasteiger partial charge < -0.3 is 10.2 Å². The van der Waals surface area contributed by atoms with Gasteiger partial charge >= 0.3 is 5.97 Å². The van der Waals surface area contributed by atoms with Crippen LogP contribution in [0.3, 0.4) is 0 Å². The van der Waals surface area contributed by atoms with Crippen molar-refractivity contribution in [3.8, 4) is 0 Å². The highest BCUT2D eigenvalue weighted by Gasteiger charge is 2.59. The SMILES string of the molecule is CC1CCC(O)(C2(C(=O)O)CCC2)CC1. The lowest BCUT2D eigenvalue weighted by atomic mass is 9.54. The molecule has 2 aliphatic rings. The number of carboxylic acid groups (broad SMARTS) is 1. The minimum absolute atomic E-state index is 0.635. The van der Waals surface area contributed by atoms with Crippen LogP contribution in [-0.4, -0.2) is 21.8 Å². The minimum atomic E-state index is -0.927. The smallest absolute Gasteiger partial charge is 0.312 e. The van der Waals surface area contributed by atoms with Crippen molar-refractivity contribution in [2.24, 2.45) is 11.3 Å². The van der Waals surface area contributed by atoms with Gasteiger partial charge in [-0.05, 0) is 44.4 Å². The molecule has 2 saturated carbocycles. The fourth-order valence-corrected chi connectivity index (χ4v) is 3.13. The van der Waals surface area contributed by atoms with Crippen LogP contribution in [-0.2, 0) is 4.79 Å². The maximum atomic E-state index is 11.3.